The molecule has 2 amide bonds. The van der Waals surface area contributed by atoms with Crippen molar-refractivity contribution in [1.29, 1.82) is 0 Å². The van der Waals surface area contributed by atoms with Gasteiger partial charge in [0.05, 0.1) is 0 Å². The van der Waals surface area contributed by atoms with E-state index in [-0.39, 0.29) is 6.03 Å². The number of thioether (sulfide) groups is 1. The highest BCUT2D eigenvalue weighted by atomic mass is 32.2. The molecule has 0 unspecified atom stereocenters. The van der Waals surface area contributed by atoms with Gasteiger partial charge in [0.25, 0.3) is 0 Å². The van der Waals surface area contributed by atoms with Gasteiger partial charge >= 0.3 is 6.03 Å². The fraction of sp³-hybridized carbons (Fsp3) is 0.583. The summed E-state index contributed by atoms with van der Waals surface area (Å²) in [4.78, 5) is 17.2. The number of rotatable bonds is 2. The first-order chi connectivity index (χ1) is 7.76. The number of allylic oxidation sites excluding steroid dienone is 1. The molecule has 2 heterocycles. The molecule has 2 rings (SSSR count). The van der Waals surface area contributed by atoms with Crippen molar-refractivity contribution in [2.24, 2.45) is 0 Å². The Balaban J connectivity index is 2.03. The van der Waals surface area contributed by atoms with Gasteiger partial charge in [-0.1, -0.05) is 0 Å². The van der Waals surface area contributed by atoms with E-state index in [1.165, 1.54) is 16.2 Å². The fourth-order valence-corrected chi connectivity index (χ4v) is 3.15. The summed E-state index contributed by atoms with van der Waals surface area (Å²) >= 11 is 1.90. The number of amides is 2. The lowest BCUT2D eigenvalue weighted by Gasteiger charge is -2.29. The van der Waals surface area contributed by atoms with Gasteiger partial charge in [-0.25, -0.2) is 4.79 Å². The minimum atomic E-state index is 0.129. The number of urea groups is 1. The minimum absolute atomic E-state index is 0.129. The Labute approximate surface area is 101 Å². The Hall–Kier alpha value is -0.900. The van der Waals surface area contributed by atoms with Crippen molar-refractivity contribution in [3.63, 3.8) is 0 Å². The molecule has 0 aliphatic carbocycles. The lowest BCUT2D eigenvalue weighted by molar-refractivity contribution is 0.176. The van der Waals surface area contributed by atoms with E-state index < -0.39 is 0 Å². The summed E-state index contributed by atoms with van der Waals surface area (Å²) < 4.78 is 0. The SMILES string of the molecule is CCN(CC)C(=O)N1C=CC2=C(CCS2)C1. The molecular formula is C12H18N2OS. The van der Waals surface area contributed by atoms with Crippen LogP contribution in [-0.4, -0.2) is 41.2 Å². The predicted molar refractivity (Wildman–Crippen MR) is 68.3 cm³/mol. The van der Waals surface area contributed by atoms with Crippen LogP contribution in [0, 0.1) is 0 Å². The van der Waals surface area contributed by atoms with Gasteiger partial charge in [-0.2, -0.15) is 0 Å². The third-order valence-corrected chi connectivity index (χ3v) is 4.20. The Morgan fingerprint density at radius 2 is 2.25 bits per heavy atom. The van der Waals surface area contributed by atoms with Crippen LogP contribution in [0.4, 0.5) is 4.79 Å². The molecule has 0 saturated heterocycles. The average molecular weight is 238 g/mol. The molecule has 0 aromatic heterocycles. The lowest BCUT2D eigenvalue weighted by Crippen LogP contribution is -2.41. The molecule has 0 atom stereocenters. The quantitative estimate of drug-likeness (QED) is 0.738. The topological polar surface area (TPSA) is 23.6 Å². The molecule has 2 aliphatic rings. The molecule has 88 valence electrons. The van der Waals surface area contributed by atoms with Crippen molar-refractivity contribution in [2.75, 3.05) is 25.4 Å². The minimum Gasteiger partial charge on any atom is -0.325 e. The predicted octanol–water partition coefficient (Wildman–Crippen LogP) is 2.67. The Morgan fingerprint density at radius 3 is 2.94 bits per heavy atom. The largest absolute Gasteiger partial charge is 0.325 e. The van der Waals surface area contributed by atoms with Crippen LogP contribution in [0.25, 0.3) is 0 Å². The van der Waals surface area contributed by atoms with Crippen LogP contribution in [0.5, 0.6) is 0 Å². The summed E-state index contributed by atoms with van der Waals surface area (Å²) in [5.41, 5.74) is 1.42. The molecule has 4 heteroatoms. The summed E-state index contributed by atoms with van der Waals surface area (Å²) in [5, 5.41) is 0. The van der Waals surface area contributed by atoms with Gasteiger partial charge in [-0.3, -0.25) is 4.90 Å². The molecule has 3 nitrogen and oxygen atoms in total. The summed E-state index contributed by atoms with van der Waals surface area (Å²) in [6, 6.07) is 0.129. The first-order valence-corrected chi connectivity index (χ1v) is 6.83. The molecule has 0 bridgehead atoms. The molecule has 2 aliphatic heterocycles. The van der Waals surface area contributed by atoms with E-state index in [0.29, 0.717) is 0 Å². The second-order valence-electron chi connectivity index (χ2n) is 3.96. The maximum absolute atomic E-state index is 12.1. The second-order valence-corrected chi connectivity index (χ2v) is 5.10. The van der Waals surface area contributed by atoms with Crippen molar-refractivity contribution in [3.05, 3.63) is 22.8 Å². The van der Waals surface area contributed by atoms with Gasteiger partial charge in [0.15, 0.2) is 0 Å². The van der Waals surface area contributed by atoms with Crippen LogP contribution < -0.4 is 0 Å². The zero-order chi connectivity index (χ0) is 11.5. The Morgan fingerprint density at radius 1 is 1.50 bits per heavy atom. The van der Waals surface area contributed by atoms with E-state index in [1.54, 1.807) is 0 Å². The van der Waals surface area contributed by atoms with Crippen molar-refractivity contribution in [3.8, 4) is 0 Å². The molecule has 0 radical (unpaired) electrons. The van der Waals surface area contributed by atoms with Gasteiger partial charge in [-0.15, -0.1) is 11.8 Å². The molecule has 0 fully saturated rings. The third kappa shape index (κ3) is 2.12. The first kappa shape index (κ1) is 11.6. The molecule has 0 saturated carbocycles. The van der Waals surface area contributed by atoms with Crippen molar-refractivity contribution >= 4 is 17.8 Å². The van der Waals surface area contributed by atoms with E-state index in [1.807, 2.05) is 41.6 Å². The van der Waals surface area contributed by atoms with E-state index in [4.69, 9.17) is 0 Å². The van der Waals surface area contributed by atoms with Crippen LogP contribution in [0.15, 0.2) is 22.8 Å². The van der Waals surface area contributed by atoms with Crippen LogP contribution in [0.1, 0.15) is 20.3 Å². The molecule has 0 aromatic carbocycles. The number of carbonyl (C=O) groups excluding carboxylic acids is 1. The maximum atomic E-state index is 12.1. The summed E-state index contributed by atoms with van der Waals surface area (Å²) in [5.74, 6) is 1.17. The smallest absolute Gasteiger partial charge is 0.324 e. The molecule has 16 heavy (non-hydrogen) atoms. The van der Waals surface area contributed by atoms with Gasteiger partial charge in [-0.05, 0) is 31.9 Å². The zero-order valence-electron chi connectivity index (χ0n) is 9.90. The molecular weight excluding hydrogens is 220 g/mol. The molecule has 0 N–H and O–H groups in total. The van der Waals surface area contributed by atoms with Crippen molar-refractivity contribution < 1.29 is 4.79 Å². The lowest BCUT2D eigenvalue weighted by atomic mass is 10.1. The summed E-state index contributed by atoms with van der Waals surface area (Å²) in [6.45, 7) is 6.38. The van der Waals surface area contributed by atoms with Gasteiger partial charge in [0.1, 0.15) is 0 Å². The number of hydrogen-bond donors (Lipinski definition) is 0. The monoisotopic (exact) mass is 238 g/mol. The van der Waals surface area contributed by atoms with Crippen LogP contribution >= 0.6 is 11.8 Å². The van der Waals surface area contributed by atoms with Crippen LogP contribution in [-0.2, 0) is 0 Å². The highest BCUT2D eigenvalue weighted by molar-refractivity contribution is 8.03. The van der Waals surface area contributed by atoms with Gasteiger partial charge in [0.2, 0.25) is 0 Å². The van der Waals surface area contributed by atoms with Crippen LogP contribution in [0.2, 0.25) is 0 Å². The third-order valence-electron chi connectivity index (χ3n) is 3.06. The summed E-state index contributed by atoms with van der Waals surface area (Å²) in [6.07, 6.45) is 5.14. The van der Waals surface area contributed by atoms with E-state index >= 15 is 0 Å². The highest BCUT2D eigenvalue weighted by Crippen LogP contribution is 2.35. The van der Waals surface area contributed by atoms with E-state index in [2.05, 4.69) is 6.08 Å². The first-order valence-electron chi connectivity index (χ1n) is 5.84. The summed E-state index contributed by atoms with van der Waals surface area (Å²) in [7, 11) is 0. The van der Waals surface area contributed by atoms with E-state index in [0.717, 1.165) is 26.1 Å². The average Bonchev–Trinajstić information content (AvgIpc) is 2.77. The Bertz CT molecular complexity index is 345. The fourth-order valence-electron chi connectivity index (χ4n) is 2.06. The second kappa shape index (κ2) is 4.95. The van der Waals surface area contributed by atoms with Gasteiger partial charge in [0, 0.05) is 36.5 Å². The number of hydrogen-bond acceptors (Lipinski definition) is 2. The number of carbonyl (C=O) groups is 1. The van der Waals surface area contributed by atoms with Crippen LogP contribution in [0.3, 0.4) is 0 Å². The van der Waals surface area contributed by atoms with E-state index in [9.17, 15) is 4.79 Å². The van der Waals surface area contributed by atoms with Gasteiger partial charge < -0.3 is 4.90 Å². The zero-order valence-corrected chi connectivity index (χ0v) is 10.7. The molecule has 0 aromatic rings. The Kier molecular flexibility index (Phi) is 3.59. The number of nitrogens with zero attached hydrogens (tertiary/aromatic N) is 2. The maximum Gasteiger partial charge on any atom is 0.324 e. The normalized spacial score (nSPS) is 19.0. The highest BCUT2D eigenvalue weighted by Gasteiger charge is 2.24. The standard InChI is InChI=1S/C12H18N2OS/c1-3-13(4-2)12(15)14-7-5-11-10(9-14)6-8-16-11/h5,7H,3-4,6,8-9H2,1-2H3. The van der Waals surface area contributed by atoms with Crippen molar-refractivity contribution in [2.45, 2.75) is 20.3 Å². The van der Waals surface area contributed by atoms with Crippen molar-refractivity contribution in [1.82, 2.24) is 9.80 Å². The molecule has 0 spiro atoms.